The van der Waals surface area contributed by atoms with Crippen molar-refractivity contribution in [3.05, 3.63) is 36.2 Å². The lowest BCUT2D eigenvalue weighted by Crippen LogP contribution is -2.34. The summed E-state index contributed by atoms with van der Waals surface area (Å²) in [6.45, 7) is 5.40. The van der Waals surface area contributed by atoms with Gasteiger partial charge in [0, 0.05) is 36.1 Å². The van der Waals surface area contributed by atoms with Gasteiger partial charge in [0.2, 0.25) is 5.91 Å². The highest BCUT2D eigenvalue weighted by atomic mass is 16.1. The van der Waals surface area contributed by atoms with Gasteiger partial charge in [0.1, 0.15) is 5.82 Å². The molecule has 0 saturated carbocycles. The summed E-state index contributed by atoms with van der Waals surface area (Å²) in [7, 11) is 0. The molecule has 2 unspecified atom stereocenters. The fourth-order valence-electron chi connectivity index (χ4n) is 4.40. The van der Waals surface area contributed by atoms with Crippen LogP contribution in [0.2, 0.25) is 0 Å². The first-order chi connectivity index (χ1) is 13.2. The maximum atomic E-state index is 12.4. The van der Waals surface area contributed by atoms with Crippen LogP contribution in [0.5, 0.6) is 0 Å². The zero-order chi connectivity index (χ0) is 18.6. The quantitative estimate of drug-likeness (QED) is 0.845. The number of fused-ring (bicyclic) bond motifs is 1. The summed E-state index contributed by atoms with van der Waals surface area (Å²) in [5, 5.41) is 6.50. The van der Waals surface area contributed by atoms with Crippen LogP contribution in [-0.2, 0) is 17.8 Å². The molecule has 2 N–H and O–H groups in total. The minimum absolute atomic E-state index is 0.110. The number of nitrogens with zero attached hydrogens (tertiary/aromatic N) is 2. The predicted molar refractivity (Wildman–Crippen MR) is 109 cm³/mol. The van der Waals surface area contributed by atoms with Gasteiger partial charge in [0.05, 0.1) is 0 Å². The van der Waals surface area contributed by atoms with Gasteiger partial charge in [-0.3, -0.25) is 4.79 Å². The molecule has 0 bridgehead atoms. The minimum Gasteiger partial charge on any atom is -0.328 e. The zero-order valence-electron chi connectivity index (χ0n) is 16.2. The highest BCUT2D eigenvalue weighted by molar-refractivity contribution is 5.91. The standard InChI is InChI=1S/C22H30N4O/c1-16(18-5-4-11-23-14-18)13-21(27)25-19-9-7-17(8-10-19)22-24-15-20-6-2-3-12-26(20)22/h7-10,15-16,18,23H,2-6,11-14H2,1H3,(H,25,27). The lowest BCUT2D eigenvalue weighted by atomic mass is 9.85. The first-order valence-corrected chi connectivity index (χ1v) is 10.4. The van der Waals surface area contributed by atoms with E-state index in [1.165, 1.54) is 31.4 Å². The molecule has 5 nitrogen and oxygen atoms in total. The number of anilines is 1. The summed E-state index contributed by atoms with van der Waals surface area (Å²) in [6.07, 6.45) is 8.63. The number of amides is 1. The monoisotopic (exact) mass is 366 g/mol. The Kier molecular flexibility index (Phi) is 5.58. The number of imidazole rings is 1. The van der Waals surface area contributed by atoms with Crippen LogP contribution in [0.3, 0.4) is 0 Å². The van der Waals surface area contributed by atoms with E-state index in [4.69, 9.17) is 0 Å². The Morgan fingerprint density at radius 2 is 2.15 bits per heavy atom. The van der Waals surface area contributed by atoms with E-state index < -0.39 is 0 Å². The van der Waals surface area contributed by atoms with Gasteiger partial charge in [-0.05, 0) is 81.3 Å². The Morgan fingerprint density at radius 1 is 1.30 bits per heavy atom. The van der Waals surface area contributed by atoms with Crippen LogP contribution in [0, 0.1) is 11.8 Å². The lowest BCUT2D eigenvalue weighted by molar-refractivity contribution is -0.117. The molecule has 0 spiro atoms. The molecule has 1 amide bonds. The fraction of sp³-hybridized carbons (Fsp3) is 0.545. The third-order valence-corrected chi connectivity index (χ3v) is 6.08. The molecule has 0 radical (unpaired) electrons. The minimum atomic E-state index is 0.110. The molecular weight excluding hydrogens is 336 g/mol. The highest BCUT2D eigenvalue weighted by Crippen LogP contribution is 2.26. The van der Waals surface area contributed by atoms with E-state index in [-0.39, 0.29) is 5.91 Å². The smallest absolute Gasteiger partial charge is 0.224 e. The first-order valence-electron chi connectivity index (χ1n) is 10.4. The summed E-state index contributed by atoms with van der Waals surface area (Å²) in [4.78, 5) is 17.0. The van der Waals surface area contributed by atoms with Gasteiger partial charge < -0.3 is 15.2 Å². The molecule has 27 heavy (non-hydrogen) atoms. The number of aromatic nitrogens is 2. The second-order valence-corrected chi connectivity index (χ2v) is 8.10. The van der Waals surface area contributed by atoms with E-state index in [9.17, 15) is 4.79 Å². The average molecular weight is 367 g/mol. The summed E-state index contributed by atoms with van der Waals surface area (Å²) in [5.74, 6) is 2.17. The number of nitrogens with one attached hydrogen (secondary N) is 2. The summed E-state index contributed by atoms with van der Waals surface area (Å²) in [6, 6.07) is 8.11. The van der Waals surface area contributed by atoms with Crippen LogP contribution in [0.25, 0.3) is 11.4 Å². The first kappa shape index (κ1) is 18.2. The molecule has 144 valence electrons. The predicted octanol–water partition coefficient (Wildman–Crippen LogP) is 3.85. The van der Waals surface area contributed by atoms with Crippen molar-refractivity contribution in [1.29, 1.82) is 0 Å². The van der Waals surface area contributed by atoms with E-state index in [1.54, 1.807) is 0 Å². The number of hydrogen-bond acceptors (Lipinski definition) is 3. The van der Waals surface area contributed by atoms with Crippen molar-refractivity contribution >= 4 is 11.6 Å². The second-order valence-electron chi connectivity index (χ2n) is 8.10. The van der Waals surface area contributed by atoms with Gasteiger partial charge in [0.15, 0.2) is 0 Å². The highest BCUT2D eigenvalue weighted by Gasteiger charge is 2.22. The van der Waals surface area contributed by atoms with Gasteiger partial charge in [-0.25, -0.2) is 4.98 Å². The zero-order valence-corrected chi connectivity index (χ0v) is 16.2. The number of hydrogen-bond donors (Lipinski definition) is 2. The number of benzene rings is 1. The Hall–Kier alpha value is -2.14. The van der Waals surface area contributed by atoms with Crippen molar-refractivity contribution in [2.24, 2.45) is 11.8 Å². The molecule has 0 aliphatic carbocycles. The molecule has 2 aliphatic rings. The number of carbonyl (C=O) groups is 1. The van der Waals surface area contributed by atoms with Crippen molar-refractivity contribution in [2.45, 2.75) is 52.0 Å². The topological polar surface area (TPSA) is 59.0 Å². The molecule has 2 aromatic rings. The van der Waals surface area contributed by atoms with Crippen molar-refractivity contribution in [3.8, 4) is 11.4 Å². The molecule has 1 aromatic heterocycles. The summed E-state index contributed by atoms with van der Waals surface area (Å²) in [5.41, 5.74) is 3.31. The number of aryl methyl sites for hydroxylation is 1. The van der Waals surface area contributed by atoms with Crippen LogP contribution >= 0.6 is 0 Å². The second kappa shape index (κ2) is 8.26. The van der Waals surface area contributed by atoms with Crippen LogP contribution in [0.15, 0.2) is 30.5 Å². The van der Waals surface area contributed by atoms with Crippen LogP contribution in [0.1, 0.15) is 44.7 Å². The molecule has 1 aromatic carbocycles. The van der Waals surface area contributed by atoms with Gasteiger partial charge in [-0.1, -0.05) is 6.92 Å². The largest absolute Gasteiger partial charge is 0.328 e. The van der Waals surface area contributed by atoms with Crippen LogP contribution in [0.4, 0.5) is 5.69 Å². The molecular formula is C22H30N4O. The van der Waals surface area contributed by atoms with Gasteiger partial charge in [-0.2, -0.15) is 0 Å². The average Bonchev–Trinajstić information content (AvgIpc) is 3.13. The lowest BCUT2D eigenvalue weighted by Gasteiger charge is -2.28. The molecule has 2 atom stereocenters. The van der Waals surface area contributed by atoms with Gasteiger partial charge in [-0.15, -0.1) is 0 Å². The molecule has 1 fully saturated rings. The Labute approximate surface area is 161 Å². The third kappa shape index (κ3) is 4.24. The number of rotatable bonds is 5. The van der Waals surface area contributed by atoms with E-state index in [0.717, 1.165) is 43.1 Å². The van der Waals surface area contributed by atoms with E-state index >= 15 is 0 Å². The third-order valence-electron chi connectivity index (χ3n) is 6.08. The number of carbonyl (C=O) groups excluding carboxylic acids is 1. The molecule has 1 saturated heterocycles. The maximum Gasteiger partial charge on any atom is 0.224 e. The molecule has 3 heterocycles. The van der Waals surface area contributed by atoms with Gasteiger partial charge >= 0.3 is 0 Å². The normalized spacial score (nSPS) is 20.7. The van der Waals surface area contributed by atoms with Crippen molar-refractivity contribution in [1.82, 2.24) is 14.9 Å². The fourth-order valence-corrected chi connectivity index (χ4v) is 4.40. The van der Waals surface area contributed by atoms with E-state index in [0.29, 0.717) is 18.3 Å². The Morgan fingerprint density at radius 3 is 2.93 bits per heavy atom. The van der Waals surface area contributed by atoms with Crippen molar-refractivity contribution < 1.29 is 4.79 Å². The summed E-state index contributed by atoms with van der Waals surface area (Å²) >= 11 is 0. The Balaban J connectivity index is 1.36. The molecule has 4 rings (SSSR count). The maximum absolute atomic E-state index is 12.4. The summed E-state index contributed by atoms with van der Waals surface area (Å²) < 4.78 is 2.33. The SMILES string of the molecule is CC(CC(=O)Nc1ccc(-c2ncc3n2CCCC3)cc1)C1CCCNC1. The van der Waals surface area contributed by atoms with Crippen molar-refractivity contribution in [2.75, 3.05) is 18.4 Å². The van der Waals surface area contributed by atoms with E-state index in [2.05, 4.69) is 39.2 Å². The van der Waals surface area contributed by atoms with Crippen LogP contribution in [-0.4, -0.2) is 28.5 Å². The van der Waals surface area contributed by atoms with E-state index in [1.807, 2.05) is 18.3 Å². The van der Waals surface area contributed by atoms with Crippen LogP contribution < -0.4 is 10.6 Å². The molecule has 2 aliphatic heterocycles. The number of piperidine rings is 1. The van der Waals surface area contributed by atoms with Crippen molar-refractivity contribution in [3.63, 3.8) is 0 Å². The van der Waals surface area contributed by atoms with Gasteiger partial charge in [0.25, 0.3) is 0 Å². The molecule has 5 heteroatoms. The Bertz CT molecular complexity index is 774.